The highest BCUT2D eigenvalue weighted by Crippen LogP contribution is 2.21. The number of nitrogens with two attached hydrogens (primary N) is 1. The van der Waals surface area contributed by atoms with Gasteiger partial charge in [-0.15, -0.1) is 0 Å². The lowest BCUT2D eigenvalue weighted by atomic mass is 10.1. The molecular formula is C18H23N3O3. The van der Waals surface area contributed by atoms with Crippen molar-refractivity contribution in [1.29, 1.82) is 0 Å². The summed E-state index contributed by atoms with van der Waals surface area (Å²) in [5, 5.41) is 3.18. The molecule has 2 aromatic rings. The van der Waals surface area contributed by atoms with Crippen LogP contribution < -0.4 is 16.5 Å². The normalized spacial score (nSPS) is 17.5. The molecule has 1 saturated heterocycles. The molecule has 0 bridgehead atoms. The summed E-state index contributed by atoms with van der Waals surface area (Å²) in [6.07, 6.45) is 3.73. The second kappa shape index (κ2) is 6.65. The molecule has 0 aliphatic carbocycles. The summed E-state index contributed by atoms with van der Waals surface area (Å²) >= 11 is 0. The van der Waals surface area contributed by atoms with Crippen LogP contribution in [-0.4, -0.2) is 29.2 Å². The Labute approximate surface area is 140 Å². The van der Waals surface area contributed by atoms with Crippen molar-refractivity contribution >= 4 is 22.5 Å². The topological polar surface area (TPSA) is 86.3 Å². The lowest BCUT2D eigenvalue weighted by Crippen LogP contribution is -2.34. The molecule has 1 aliphatic heterocycles. The van der Waals surface area contributed by atoms with E-state index in [-0.39, 0.29) is 29.0 Å². The number of nitrogens with zero attached hydrogens (tertiary/aromatic N) is 1. The SMILES string of the molecule is CC(C)NC(=O)c1cn(CC2CCCO2)c2cccc(N)c2c1=O. The minimum absolute atomic E-state index is 0.0488. The average Bonchev–Trinajstić information content (AvgIpc) is 3.02. The van der Waals surface area contributed by atoms with E-state index in [0.717, 1.165) is 25.0 Å². The molecule has 0 radical (unpaired) electrons. The quantitative estimate of drug-likeness (QED) is 0.839. The first-order valence-electron chi connectivity index (χ1n) is 8.31. The Kier molecular flexibility index (Phi) is 4.57. The number of fused-ring (bicyclic) bond motifs is 1. The largest absolute Gasteiger partial charge is 0.398 e. The van der Waals surface area contributed by atoms with Gasteiger partial charge in [-0.1, -0.05) is 6.07 Å². The number of nitrogen functional groups attached to an aromatic ring is 1. The maximum absolute atomic E-state index is 12.8. The third-order valence-corrected chi connectivity index (χ3v) is 4.23. The van der Waals surface area contributed by atoms with Gasteiger partial charge in [0.25, 0.3) is 5.91 Å². The highest BCUT2D eigenvalue weighted by atomic mass is 16.5. The van der Waals surface area contributed by atoms with Crippen molar-refractivity contribution in [3.63, 3.8) is 0 Å². The first kappa shape index (κ1) is 16.5. The van der Waals surface area contributed by atoms with Gasteiger partial charge in [-0.3, -0.25) is 9.59 Å². The summed E-state index contributed by atoms with van der Waals surface area (Å²) in [5.74, 6) is -0.374. The third-order valence-electron chi connectivity index (χ3n) is 4.23. The zero-order valence-electron chi connectivity index (χ0n) is 14.0. The fourth-order valence-electron chi connectivity index (χ4n) is 3.12. The molecule has 24 heavy (non-hydrogen) atoms. The zero-order chi connectivity index (χ0) is 17.3. The van der Waals surface area contributed by atoms with Gasteiger partial charge >= 0.3 is 0 Å². The van der Waals surface area contributed by atoms with Crippen molar-refractivity contribution in [2.75, 3.05) is 12.3 Å². The average molecular weight is 329 g/mol. The highest BCUT2D eigenvalue weighted by Gasteiger charge is 2.21. The predicted octanol–water partition coefficient (Wildman–Crippen LogP) is 1.90. The number of nitrogens with one attached hydrogen (secondary N) is 1. The highest BCUT2D eigenvalue weighted by molar-refractivity contribution is 6.00. The van der Waals surface area contributed by atoms with Crippen LogP contribution in [0.4, 0.5) is 5.69 Å². The molecule has 1 aromatic heterocycles. The number of carbonyl (C=O) groups is 1. The maximum atomic E-state index is 12.8. The first-order valence-corrected chi connectivity index (χ1v) is 8.31. The van der Waals surface area contributed by atoms with Crippen LogP contribution in [0.25, 0.3) is 10.9 Å². The van der Waals surface area contributed by atoms with Crippen LogP contribution in [0.3, 0.4) is 0 Å². The van der Waals surface area contributed by atoms with Gasteiger partial charge in [0.15, 0.2) is 0 Å². The van der Waals surface area contributed by atoms with Gasteiger partial charge in [0.1, 0.15) is 5.56 Å². The molecule has 2 heterocycles. The number of hydrogen-bond acceptors (Lipinski definition) is 4. The van der Waals surface area contributed by atoms with Crippen LogP contribution >= 0.6 is 0 Å². The fraction of sp³-hybridized carbons (Fsp3) is 0.444. The summed E-state index contributed by atoms with van der Waals surface area (Å²) in [6, 6.07) is 5.31. The van der Waals surface area contributed by atoms with E-state index in [1.165, 1.54) is 0 Å². The van der Waals surface area contributed by atoms with E-state index in [2.05, 4.69) is 5.32 Å². The summed E-state index contributed by atoms with van der Waals surface area (Å²) in [5.41, 5.74) is 6.94. The van der Waals surface area contributed by atoms with E-state index in [1.807, 2.05) is 30.5 Å². The standard InChI is InChI=1S/C18H23N3O3/c1-11(2)20-18(23)13-10-21(9-12-5-4-8-24-12)15-7-3-6-14(19)16(15)17(13)22/h3,6-7,10-12H,4-5,8-9,19H2,1-2H3,(H,20,23). The van der Waals surface area contributed by atoms with Gasteiger partial charge in [-0.25, -0.2) is 0 Å². The monoisotopic (exact) mass is 329 g/mol. The molecule has 1 unspecified atom stereocenters. The Morgan fingerprint density at radius 2 is 2.25 bits per heavy atom. The molecule has 6 nitrogen and oxygen atoms in total. The molecule has 1 atom stereocenters. The Morgan fingerprint density at radius 3 is 2.92 bits per heavy atom. The van der Waals surface area contributed by atoms with Crippen molar-refractivity contribution in [3.8, 4) is 0 Å². The maximum Gasteiger partial charge on any atom is 0.256 e. The number of anilines is 1. The van der Waals surface area contributed by atoms with E-state index in [0.29, 0.717) is 17.6 Å². The van der Waals surface area contributed by atoms with Gasteiger partial charge in [0.05, 0.1) is 17.0 Å². The predicted molar refractivity (Wildman–Crippen MR) is 94.2 cm³/mol. The summed E-state index contributed by atoms with van der Waals surface area (Å²) in [4.78, 5) is 25.2. The van der Waals surface area contributed by atoms with Crippen molar-refractivity contribution in [2.24, 2.45) is 0 Å². The Morgan fingerprint density at radius 1 is 1.46 bits per heavy atom. The van der Waals surface area contributed by atoms with Crippen molar-refractivity contribution in [1.82, 2.24) is 9.88 Å². The van der Waals surface area contributed by atoms with Crippen LogP contribution in [0.1, 0.15) is 37.0 Å². The van der Waals surface area contributed by atoms with Crippen molar-refractivity contribution in [2.45, 2.75) is 45.4 Å². The van der Waals surface area contributed by atoms with Gasteiger partial charge in [-0.05, 0) is 38.8 Å². The molecule has 3 rings (SSSR count). The molecule has 1 aromatic carbocycles. The van der Waals surface area contributed by atoms with Crippen LogP contribution in [0.15, 0.2) is 29.2 Å². The first-order chi connectivity index (χ1) is 11.5. The van der Waals surface area contributed by atoms with Crippen molar-refractivity contribution in [3.05, 3.63) is 40.2 Å². The second-order valence-corrected chi connectivity index (χ2v) is 6.53. The number of ether oxygens (including phenoxy) is 1. The lowest BCUT2D eigenvalue weighted by Gasteiger charge is -2.18. The molecule has 1 amide bonds. The number of pyridine rings is 1. The number of amides is 1. The van der Waals surface area contributed by atoms with E-state index in [9.17, 15) is 9.59 Å². The fourth-order valence-corrected chi connectivity index (χ4v) is 3.12. The Bertz CT molecular complexity index is 820. The molecule has 0 saturated carbocycles. The summed E-state index contributed by atoms with van der Waals surface area (Å²) in [6.45, 7) is 5.07. The van der Waals surface area contributed by atoms with E-state index in [4.69, 9.17) is 10.5 Å². The number of rotatable bonds is 4. The molecule has 1 aliphatic rings. The molecule has 128 valence electrons. The van der Waals surface area contributed by atoms with Gasteiger partial charge in [-0.2, -0.15) is 0 Å². The van der Waals surface area contributed by atoms with Crippen LogP contribution in [0.2, 0.25) is 0 Å². The smallest absolute Gasteiger partial charge is 0.256 e. The van der Waals surface area contributed by atoms with Gasteiger partial charge in [0, 0.05) is 31.1 Å². The second-order valence-electron chi connectivity index (χ2n) is 6.53. The van der Waals surface area contributed by atoms with Gasteiger partial charge in [0.2, 0.25) is 5.43 Å². The third kappa shape index (κ3) is 3.14. The van der Waals surface area contributed by atoms with E-state index >= 15 is 0 Å². The van der Waals surface area contributed by atoms with Crippen LogP contribution in [0.5, 0.6) is 0 Å². The van der Waals surface area contributed by atoms with Gasteiger partial charge < -0.3 is 20.4 Å². The molecule has 0 spiro atoms. The number of hydrogen-bond donors (Lipinski definition) is 2. The molecular weight excluding hydrogens is 306 g/mol. The minimum Gasteiger partial charge on any atom is -0.398 e. The molecule has 3 N–H and O–H groups in total. The lowest BCUT2D eigenvalue weighted by molar-refractivity contribution is 0.0931. The van der Waals surface area contributed by atoms with Crippen LogP contribution in [-0.2, 0) is 11.3 Å². The summed E-state index contributed by atoms with van der Waals surface area (Å²) in [7, 11) is 0. The minimum atomic E-state index is -0.374. The number of benzene rings is 1. The summed E-state index contributed by atoms with van der Waals surface area (Å²) < 4.78 is 7.62. The molecule has 6 heteroatoms. The number of carbonyl (C=O) groups excluding carboxylic acids is 1. The number of aromatic nitrogens is 1. The van der Waals surface area contributed by atoms with E-state index in [1.54, 1.807) is 12.3 Å². The zero-order valence-corrected chi connectivity index (χ0v) is 14.0. The Balaban J connectivity index is 2.14. The van der Waals surface area contributed by atoms with Crippen LogP contribution in [0, 0.1) is 0 Å². The van der Waals surface area contributed by atoms with E-state index < -0.39 is 0 Å². The molecule has 1 fully saturated rings. The van der Waals surface area contributed by atoms with Crippen molar-refractivity contribution < 1.29 is 9.53 Å². The Hall–Kier alpha value is -2.34.